The summed E-state index contributed by atoms with van der Waals surface area (Å²) in [5, 5.41) is 3.83. The number of carbonyl (C=O) groups is 1. The van der Waals surface area contributed by atoms with Gasteiger partial charge in [-0.15, -0.1) is 0 Å². The van der Waals surface area contributed by atoms with Crippen LogP contribution >= 0.6 is 0 Å². The predicted molar refractivity (Wildman–Crippen MR) is 100 cm³/mol. The number of nitrogens with one attached hydrogen (secondary N) is 1. The highest BCUT2D eigenvalue weighted by atomic mass is 19.1. The number of fused-ring (bicyclic) bond motifs is 2. The summed E-state index contributed by atoms with van der Waals surface area (Å²) in [5.74, 6) is 1.92. The van der Waals surface area contributed by atoms with Crippen molar-refractivity contribution in [3.8, 4) is 0 Å². The van der Waals surface area contributed by atoms with E-state index in [9.17, 15) is 9.18 Å². The van der Waals surface area contributed by atoms with E-state index in [2.05, 4.69) is 15.2 Å². The van der Waals surface area contributed by atoms with Gasteiger partial charge in [-0.2, -0.15) is 0 Å². The molecule has 0 spiro atoms. The van der Waals surface area contributed by atoms with Crippen molar-refractivity contribution in [3.63, 3.8) is 0 Å². The highest BCUT2D eigenvalue weighted by molar-refractivity contribution is 5.95. The van der Waals surface area contributed by atoms with Crippen molar-refractivity contribution in [2.75, 3.05) is 24.5 Å². The maximum absolute atomic E-state index is 13.4. The summed E-state index contributed by atoms with van der Waals surface area (Å²) in [6, 6.07) is 10.4. The topological polar surface area (TPSA) is 58.4 Å². The second kappa shape index (κ2) is 6.37. The lowest BCUT2D eigenvalue weighted by atomic mass is 10.2. The maximum Gasteiger partial charge on any atom is 0.287 e. The van der Waals surface area contributed by atoms with E-state index in [1.165, 1.54) is 6.07 Å². The van der Waals surface area contributed by atoms with Crippen molar-refractivity contribution < 1.29 is 13.6 Å². The molecule has 3 atom stereocenters. The first-order chi connectivity index (χ1) is 13.2. The first-order valence-electron chi connectivity index (χ1n) is 9.31. The standard InChI is InChI=1S/C21H20FN3O2/c22-14-2-1-3-15(9-14)25-11-17-16(18(17)12-25)5-7-24-21(26)19-8-13-4-6-23-10-20(13)27-19/h1-4,6,8-10,16-18H,5,7,11-12H2,(H,24,26)/t16?,17-,18+. The molecule has 1 amide bonds. The van der Waals surface area contributed by atoms with Crippen molar-refractivity contribution in [3.05, 3.63) is 60.4 Å². The number of aromatic nitrogens is 1. The zero-order valence-electron chi connectivity index (χ0n) is 14.8. The molecular weight excluding hydrogens is 345 g/mol. The summed E-state index contributed by atoms with van der Waals surface area (Å²) in [5.41, 5.74) is 1.59. The molecule has 2 aromatic heterocycles. The molecule has 1 saturated heterocycles. The van der Waals surface area contributed by atoms with Crippen molar-refractivity contribution in [2.24, 2.45) is 17.8 Å². The lowest BCUT2D eigenvalue weighted by Crippen LogP contribution is -2.27. The van der Waals surface area contributed by atoms with E-state index in [0.717, 1.165) is 30.6 Å². The van der Waals surface area contributed by atoms with Crippen LogP contribution in [0.25, 0.3) is 11.0 Å². The van der Waals surface area contributed by atoms with Crippen LogP contribution in [0, 0.1) is 23.6 Å². The number of hydrogen-bond donors (Lipinski definition) is 1. The van der Waals surface area contributed by atoms with Gasteiger partial charge < -0.3 is 14.6 Å². The van der Waals surface area contributed by atoms with E-state index < -0.39 is 0 Å². The van der Waals surface area contributed by atoms with Gasteiger partial charge in [0, 0.05) is 36.9 Å². The first-order valence-corrected chi connectivity index (χ1v) is 9.31. The molecule has 6 heteroatoms. The number of nitrogens with zero attached hydrogens (tertiary/aromatic N) is 2. The fourth-order valence-electron chi connectivity index (χ4n) is 4.40. The van der Waals surface area contributed by atoms with E-state index in [-0.39, 0.29) is 11.7 Å². The fourth-order valence-corrected chi connectivity index (χ4v) is 4.40. The molecule has 27 heavy (non-hydrogen) atoms. The first kappa shape index (κ1) is 16.3. The smallest absolute Gasteiger partial charge is 0.287 e. The number of pyridine rings is 1. The fraction of sp³-hybridized carbons (Fsp3) is 0.333. The number of piperidine rings is 1. The molecule has 138 valence electrons. The van der Waals surface area contributed by atoms with Crippen molar-refractivity contribution in [2.45, 2.75) is 6.42 Å². The minimum atomic E-state index is -0.186. The number of furan rings is 1. The monoisotopic (exact) mass is 365 g/mol. The summed E-state index contributed by atoms with van der Waals surface area (Å²) in [7, 11) is 0. The Morgan fingerprint density at radius 3 is 2.89 bits per heavy atom. The molecule has 3 aromatic rings. The molecule has 5 nitrogen and oxygen atoms in total. The van der Waals surface area contributed by atoms with Crippen LogP contribution in [0.1, 0.15) is 17.0 Å². The van der Waals surface area contributed by atoms with E-state index in [1.807, 2.05) is 12.1 Å². The molecule has 1 N–H and O–H groups in total. The molecule has 2 aliphatic rings. The summed E-state index contributed by atoms with van der Waals surface area (Å²) in [6.45, 7) is 2.60. The molecule has 1 aromatic carbocycles. The van der Waals surface area contributed by atoms with Crippen LogP contribution < -0.4 is 10.2 Å². The predicted octanol–water partition coefficient (Wildman–Crippen LogP) is 3.47. The van der Waals surface area contributed by atoms with Gasteiger partial charge in [-0.1, -0.05) is 6.07 Å². The number of carbonyl (C=O) groups excluding carboxylic acids is 1. The Morgan fingerprint density at radius 2 is 2.11 bits per heavy atom. The Balaban J connectivity index is 1.11. The minimum absolute atomic E-state index is 0.182. The Bertz CT molecular complexity index is 957. The molecular formula is C21H20FN3O2. The van der Waals surface area contributed by atoms with Crippen LogP contribution in [0.15, 0.2) is 53.2 Å². The van der Waals surface area contributed by atoms with Crippen LogP contribution in [-0.4, -0.2) is 30.5 Å². The maximum atomic E-state index is 13.4. The molecule has 1 aliphatic carbocycles. The van der Waals surface area contributed by atoms with Crippen molar-refractivity contribution in [1.29, 1.82) is 0 Å². The second-order valence-corrected chi connectivity index (χ2v) is 7.45. The van der Waals surface area contributed by atoms with Gasteiger partial charge >= 0.3 is 0 Å². The van der Waals surface area contributed by atoms with E-state index in [0.29, 0.717) is 35.6 Å². The molecule has 5 rings (SSSR count). The largest absolute Gasteiger partial charge is 0.449 e. The number of hydrogen-bond acceptors (Lipinski definition) is 4. The van der Waals surface area contributed by atoms with Crippen LogP contribution in [-0.2, 0) is 0 Å². The van der Waals surface area contributed by atoms with Gasteiger partial charge in [0.15, 0.2) is 11.3 Å². The minimum Gasteiger partial charge on any atom is -0.449 e. The molecule has 3 heterocycles. The van der Waals surface area contributed by atoms with Crippen molar-refractivity contribution in [1.82, 2.24) is 10.3 Å². The van der Waals surface area contributed by atoms with Gasteiger partial charge in [0.05, 0.1) is 6.20 Å². The molecule has 0 radical (unpaired) electrons. The molecule has 1 unspecified atom stereocenters. The average Bonchev–Trinajstić information content (AvgIpc) is 3.05. The molecule has 2 fully saturated rings. The van der Waals surface area contributed by atoms with Gasteiger partial charge in [0.25, 0.3) is 5.91 Å². The number of amides is 1. The highest BCUT2D eigenvalue weighted by Crippen LogP contribution is 2.54. The second-order valence-electron chi connectivity index (χ2n) is 7.45. The molecule has 0 bridgehead atoms. The Morgan fingerprint density at radius 1 is 1.26 bits per heavy atom. The number of anilines is 1. The van der Waals surface area contributed by atoms with Gasteiger partial charge in [0.1, 0.15) is 5.82 Å². The summed E-state index contributed by atoms with van der Waals surface area (Å²) < 4.78 is 18.9. The highest BCUT2D eigenvalue weighted by Gasteiger charge is 2.54. The molecule has 1 saturated carbocycles. The third kappa shape index (κ3) is 3.05. The lowest BCUT2D eigenvalue weighted by molar-refractivity contribution is 0.0926. The molecule has 1 aliphatic heterocycles. The van der Waals surface area contributed by atoms with E-state index in [1.54, 1.807) is 30.6 Å². The third-order valence-corrected chi connectivity index (χ3v) is 5.85. The zero-order chi connectivity index (χ0) is 18.4. The SMILES string of the molecule is O=C(NCCC1[C@H]2CN(c3cccc(F)c3)C[C@@H]12)c1cc2ccncc2o1. The Hall–Kier alpha value is -2.89. The van der Waals surface area contributed by atoms with Gasteiger partial charge in [0.2, 0.25) is 0 Å². The van der Waals surface area contributed by atoms with Gasteiger partial charge in [-0.05, 0) is 54.5 Å². The Kier molecular flexibility index (Phi) is 3.85. The van der Waals surface area contributed by atoms with Crippen LogP contribution in [0.3, 0.4) is 0 Å². The van der Waals surface area contributed by atoms with Crippen LogP contribution in [0.5, 0.6) is 0 Å². The Labute approximate surface area is 156 Å². The number of halogens is 1. The summed E-state index contributed by atoms with van der Waals surface area (Å²) in [4.78, 5) is 18.5. The number of benzene rings is 1. The normalized spacial score (nSPS) is 23.4. The van der Waals surface area contributed by atoms with E-state index >= 15 is 0 Å². The van der Waals surface area contributed by atoms with Gasteiger partial charge in [-0.25, -0.2) is 4.39 Å². The zero-order valence-corrected chi connectivity index (χ0v) is 14.8. The summed E-state index contributed by atoms with van der Waals surface area (Å²) in [6.07, 6.45) is 4.26. The van der Waals surface area contributed by atoms with Crippen molar-refractivity contribution >= 4 is 22.6 Å². The van der Waals surface area contributed by atoms with Crippen LogP contribution in [0.4, 0.5) is 10.1 Å². The number of rotatable bonds is 5. The third-order valence-electron chi connectivity index (χ3n) is 5.85. The summed E-state index contributed by atoms with van der Waals surface area (Å²) >= 11 is 0. The average molecular weight is 365 g/mol. The van der Waals surface area contributed by atoms with Gasteiger partial charge in [-0.3, -0.25) is 9.78 Å². The van der Waals surface area contributed by atoms with E-state index in [4.69, 9.17) is 4.42 Å². The quantitative estimate of drug-likeness (QED) is 0.752. The lowest BCUT2D eigenvalue weighted by Gasteiger charge is -2.22. The van der Waals surface area contributed by atoms with Crippen LogP contribution in [0.2, 0.25) is 0 Å².